The highest BCUT2D eigenvalue weighted by molar-refractivity contribution is 7.83. The molecule has 0 aliphatic carbocycles. The number of nitrogens with one attached hydrogen (secondary N) is 1. The van der Waals surface area contributed by atoms with Crippen LogP contribution in [0.4, 0.5) is 17.2 Å². The summed E-state index contributed by atoms with van der Waals surface area (Å²) in [4.78, 5) is 9.87. The summed E-state index contributed by atoms with van der Waals surface area (Å²) >= 11 is 11.8. The Labute approximate surface area is 210 Å². The van der Waals surface area contributed by atoms with Gasteiger partial charge in [0.15, 0.2) is 0 Å². The van der Waals surface area contributed by atoms with Crippen LogP contribution >= 0.6 is 24.4 Å². The second kappa shape index (κ2) is 9.89. The summed E-state index contributed by atoms with van der Waals surface area (Å²) in [6, 6.07) is 22.3. The molecule has 0 radical (unpaired) electrons. The van der Waals surface area contributed by atoms with Gasteiger partial charge in [-0.3, -0.25) is 0 Å². The number of hydrogen-bond acceptors (Lipinski definition) is 7. The molecule has 0 atom stereocenters. The first-order chi connectivity index (χ1) is 16.6. The van der Waals surface area contributed by atoms with Gasteiger partial charge >= 0.3 is 0 Å². The van der Waals surface area contributed by atoms with Crippen molar-refractivity contribution in [3.8, 4) is 0 Å². The van der Waals surface area contributed by atoms with Crippen LogP contribution in [0.5, 0.6) is 0 Å². The predicted octanol–water partition coefficient (Wildman–Crippen LogP) is 4.49. The zero-order chi connectivity index (χ0) is 23.5. The molecule has 3 aromatic rings. The van der Waals surface area contributed by atoms with E-state index in [4.69, 9.17) is 34.9 Å². The average Bonchev–Trinajstić information content (AvgIpc) is 3.11. The molecule has 172 valence electrons. The number of nitrogens with zero attached hydrogens (tertiary/aromatic N) is 3. The quantitative estimate of drug-likeness (QED) is 0.493. The Hall–Kier alpha value is -3.33. The first kappa shape index (κ1) is 22.5. The van der Waals surface area contributed by atoms with E-state index in [0.29, 0.717) is 22.3 Å². The van der Waals surface area contributed by atoms with Crippen molar-refractivity contribution < 1.29 is 4.74 Å². The lowest BCUT2D eigenvalue weighted by Crippen LogP contribution is -2.36. The molecule has 1 fully saturated rings. The van der Waals surface area contributed by atoms with Gasteiger partial charge < -0.3 is 25.6 Å². The first-order valence-corrected chi connectivity index (χ1v) is 12.0. The van der Waals surface area contributed by atoms with E-state index in [1.165, 1.54) is 5.69 Å². The van der Waals surface area contributed by atoms with Crippen molar-refractivity contribution in [3.63, 3.8) is 0 Å². The normalized spacial score (nSPS) is 16.4. The van der Waals surface area contributed by atoms with Crippen molar-refractivity contribution in [1.82, 2.24) is 9.88 Å². The van der Waals surface area contributed by atoms with E-state index < -0.39 is 0 Å². The number of aromatic nitrogens is 1. The van der Waals surface area contributed by atoms with Crippen LogP contribution < -0.4 is 16.0 Å². The Bertz CT molecular complexity index is 1220. The number of morpholine rings is 1. The Morgan fingerprint density at radius 1 is 0.912 bits per heavy atom. The minimum atomic E-state index is 0.487. The fourth-order valence-electron chi connectivity index (χ4n) is 4.14. The summed E-state index contributed by atoms with van der Waals surface area (Å²) in [5.74, 6) is 0.487. The molecule has 6 nitrogen and oxygen atoms in total. The number of ether oxygens (including phenoxy) is 1. The molecule has 8 heteroatoms. The van der Waals surface area contributed by atoms with E-state index in [0.717, 1.165) is 54.4 Å². The molecule has 0 bridgehead atoms. The Balaban J connectivity index is 1.43. The maximum atomic E-state index is 5.92. The van der Waals surface area contributed by atoms with Crippen molar-refractivity contribution in [2.75, 3.05) is 42.3 Å². The second-order valence-corrected chi connectivity index (χ2v) is 8.95. The molecule has 0 amide bonds. The summed E-state index contributed by atoms with van der Waals surface area (Å²) < 4.78 is 5.47. The molecule has 5 rings (SSSR count). The number of benzene rings is 2. The third-order valence-electron chi connectivity index (χ3n) is 5.93. The van der Waals surface area contributed by atoms with Crippen LogP contribution in [-0.2, 0) is 11.3 Å². The number of thiocarbonyl (C=S) groups is 2. The summed E-state index contributed by atoms with van der Waals surface area (Å²) in [6.07, 6.45) is 1.76. The van der Waals surface area contributed by atoms with Gasteiger partial charge in [-0.25, -0.2) is 4.98 Å². The largest absolute Gasteiger partial charge is 0.384 e. The van der Waals surface area contributed by atoms with E-state index in [-0.39, 0.29) is 0 Å². The number of hydrogen-bond donors (Lipinski definition) is 2. The molecule has 1 saturated heterocycles. The van der Waals surface area contributed by atoms with Gasteiger partial charge in [-0.15, -0.1) is 0 Å². The third-order valence-corrected chi connectivity index (χ3v) is 6.78. The van der Waals surface area contributed by atoms with Crippen LogP contribution in [0.2, 0.25) is 0 Å². The van der Waals surface area contributed by atoms with Crippen LogP contribution in [0, 0.1) is 0 Å². The molecular formula is C26H25N5OS2. The molecule has 0 saturated carbocycles. The van der Waals surface area contributed by atoms with Crippen molar-refractivity contribution in [2.45, 2.75) is 6.54 Å². The van der Waals surface area contributed by atoms with Crippen molar-refractivity contribution in [3.05, 3.63) is 89.8 Å². The molecule has 3 heterocycles. The van der Waals surface area contributed by atoms with Crippen LogP contribution in [-0.4, -0.2) is 46.2 Å². The highest BCUT2D eigenvalue weighted by Crippen LogP contribution is 2.33. The van der Waals surface area contributed by atoms with Crippen molar-refractivity contribution in [2.24, 2.45) is 0 Å². The molecule has 1 aromatic heterocycles. The molecule has 0 unspecified atom stereocenters. The summed E-state index contributed by atoms with van der Waals surface area (Å²) in [5, 5.41) is 3.56. The van der Waals surface area contributed by atoms with Gasteiger partial charge in [0.25, 0.3) is 0 Å². The summed E-state index contributed by atoms with van der Waals surface area (Å²) in [6.45, 7) is 3.87. The summed E-state index contributed by atoms with van der Waals surface area (Å²) in [5.41, 5.74) is 11.7. The molecule has 34 heavy (non-hydrogen) atoms. The maximum absolute atomic E-state index is 5.92. The lowest BCUT2D eigenvalue weighted by molar-refractivity contribution is 0.122. The zero-order valence-electron chi connectivity index (χ0n) is 18.6. The topological polar surface area (TPSA) is 66.7 Å². The van der Waals surface area contributed by atoms with E-state index in [9.17, 15) is 0 Å². The maximum Gasteiger partial charge on any atom is 0.131 e. The number of pyridine rings is 1. The van der Waals surface area contributed by atoms with Gasteiger partial charge in [-0.2, -0.15) is 0 Å². The highest BCUT2D eigenvalue weighted by atomic mass is 32.1. The van der Waals surface area contributed by atoms with Gasteiger partial charge in [0.2, 0.25) is 0 Å². The minimum Gasteiger partial charge on any atom is -0.384 e. The molecule has 0 spiro atoms. The second-order valence-electron chi connectivity index (χ2n) is 8.18. The molecule has 2 aliphatic rings. The van der Waals surface area contributed by atoms with Gasteiger partial charge in [-0.1, -0.05) is 60.8 Å². The van der Waals surface area contributed by atoms with Crippen LogP contribution in [0.3, 0.4) is 0 Å². The highest BCUT2D eigenvalue weighted by Gasteiger charge is 2.33. The van der Waals surface area contributed by atoms with Crippen LogP contribution in [0.1, 0.15) is 11.1 Å². The number of nitrogens with two attached hydrogens (primary N) is 1. The fraction of sp³-hybridized carbons (Fsp3) is 0.192. The lowest BCUT2D eigenvalue weighted by atomic mass is 10.1. The van der Waals surface area contributed by atoms with Crippen molar-refractivity contribution in [1.29, 1.82) is 0 Å². The van der Waals surface area contributed by atoms with Crippen molar-refractivity contribution >= 4 is 57.2 Å². The monoisotopic (exact) mass is 487 g/mol. The molecule has 3 N–H and O–H groups in total. The van der Waals surface area contributed by atoms with E-state index in [1.807, 2.05) is 29.2 Å². The number of rotatable bonds is 6. The Kier molecular flexibility index (Phi) is 6.53. The molecule has 2 aliphatic heterocycles. The van der Waals surface area contributed by atoms with E-state index in [1.54, 1.807) is 12.3 Å². The minimum absolute atomic E-state index is 0.487. The number of nitrogen functional groups attached to an aromatic ring is 1. The zero-order valence-corrected chi connectivity index (χ0v) is 20.2. The third kappa shape index (κ3) is 4.65. The van der Waals surface area contributed by atoms with E-state index in [2.05, 4.69) is 51.6 Å². The Morgan fingerprint density at radius 3 is 2.32 bits per heavy atom. The Morgan fingerprint density at radius 2 is 1.65 bits per heavy atom. The average molecular weight is 488 g/mol. The van der Waals surface area contributed by atoms with Gasteiger partial charge in [0, 0.05) is 36.2 Å². The van der Waals surface area contributed by atoms with Crippen LogP contribution in [0.25, 0.3) is 5.57 Å². The first-order valence-electron chi connectivity index (χ1n) is 11.2. The number of anilines is 3. The standard InChI is InChI=1S/C26H25N5OS2/c27-22-11-6-18(16-28-22)17-31-25(33)23(19-4-2-1-3-5-19)24(26(31)34)29-20-7-9-21(10-8-20)30-12-14-32-15-13-30/h1-11,16,29H,12-15,17H2,(H2,27,28). The molecular weight excluding hydrogens is 462 g/mol. The predicted molar refractivity (Wildman–Crippen MR) is 146 cm³/mol. The SMILES string of the molecule is Nc1ccc(CN2C(=S)C(Nc3ccc(N4CCOCC4)cc3)=C(c3ccccc3)C2=S)cn1. The van der Waals surface area contributed by atoms with E-state index >= 15 is 0 Å². The molecule has 2 aromatic carbocycles. The lowest BCUT2D eigenvalue weighted by Gasteiger charge is -2.29. The van der Waals surface area contributed by atoms with Crippen LogP contribution in [0.15, 0.2) is 78.6 Å². The fourth-order valence-corrected chi connectivity index (χ4v) is 4.88. The summed E-state index contributed by atoms with van der Waals surface area (Å²) in [7, 11) is 0. The smallest absolute Gasteiger partial charge is 0.131 e. The van der Waals surface area contributed by atoms with Gasteiger partial charge in [0.1, 0.15) is 15.8 Å². The van der Waals surface area contributed by atoms with Gasteiger partial charge in [-0.05, 0) is 41.5 Å². The van der Waals surface area contributed by atoms with Gasteiger partial charge in [0.05, 0.1) is 25.5 Å².